The summed E-state index contributed by atoms with van der Waals surface area (Å²) in [5, 5.41) is 8.06. The minimum atomic E-state index is -0.167. The highest BCUT2D eigenvalue weighted by atomic mass is 16.3. The second-order valence-corrected chi connectivity index (χ2v) is 3.22. The van der Waals surface area contributed by atoms with Gasteiger partial charge in [0.1, 0.15) is 0 Å². The van der Waals surface area contributed by atoms with Gasteiger partial charge in [0, 0.05) is 6.10 Å². The van der Waals surface area contributed by atoms with Crippen LogP contribution in [0.25, 0.3) is 0 Å². The van der Waals surface area contributed by atoms with E-state index in [2.05, 4.69) is 0 Å². The van der Waals surface area contributed by atoms with Crippen LogP contribution >= 0.6 is 0 Å². The summed E-state index contributed by atoms with van der Waals surface area (Å²) in [4.78, 5) is 0. The van der Waals surface area contributed by atoms with E-state index < -0.39 is 0 Å². The molecule has 76 valence electrons. The van der Waals surface area contributed by atoms with E-state index in [4.69, 9.17) is 5.11 Å². The Bertz CT molecular complexity index is 41.8. The van der Waals surface area contributed by atoms with Crippen LogP contribution < -0.4 is 0 Å². The summed E-state index contributed by atoms with van der Waals surface area (Å²) >= 11 is 0. The van der Waals surface area contributed by atoms with Gasteiger partial charge in [-0.2, -0.15) is 0 Å². The summed E-state index contributed by atoms with van der Waals surface area (Å²) in [5.41, 5.74) is 0. The standard InChI is InChI=1S/C6H12.C3H8O.C2H6/c1-2-4-6-5-3-1;1-3(2)4;1-2/h1-6H2;3-4H,1-2H3;1-2H3. The first-order valence-electron chi connectivity index (χ1n) is 5.41. The molecule has 0 aromatic rings. The van der Waals surface area contributed by atoms with Gasteiger partial charge < -0.3 is 5.11 Å². The molecule has 0 aromatic heterocycles. The lowest BCUT2D eigenvalue weighted by Crippen LogP contribution is -1.85. The largest absolute Gasteiger partial charge is 0.394 e. The number of rotatable bonds is 0. The lowest BCUT2D eigenvalue weighted by Gasteiger charge is -2.05. The van der Waals surface area contributed by atoms with Gasteiger partial charge in [0.2, 0.25) is 0 Å². The van der Waals surface area contributed by atoms with Crippen molar-refractivity contribution in [3.8, 4) is 0 Å². The summed E-state index contributed by atoms with van der Waals surface area (Å²) in [7, 11) is 0. The van der Waals surface area contributed by atoms with Crippen molar-refractivity contribution in [3.63, 3.8) is 0 Å². The third-order valence-electron chi connectivity index (χ3n) is 1.50. The van der Waals surface area contributed by atoms with E-state index in [1.807, 2.05) is 13.8 Å². The topological polar surface area (TPSA) is 20.2 Å². The van der Waals surface area contributed by atoms with Gasteiger partial charge in [-0.25, -0.2) is 0 Å². The molecule has 0 unspecified atom stereocenters. The van der Waals surface area contributed by atoms with Crippen molar-refractivity contribution in [1.82, 2.24) is 0 Å². The fraction of sp³-hybridized carbons (Fsp3) is 1.00. The molecule has 12 heavy (non-hydrogen) atoms. The van der Waals surface area contributed by atoms with Crippen LogP contribution in [-0.2, 0) is 0 Å². The first-order chi connectivity index (χ1) is 5.73. The van der Waals surface area contributed by atoms with Crippen LogP contribution in [0.4, 0.5) is 0 Å². The van der Waals surface area contributed by atoms with E-state index in [0.29, 0.717) is 0 Å². The predicted octanol–water partition coefficient (Wildman–Crippen LogP) is 3.75. The molecule has 0 aliphatic heterocycles. The second kappa shape index (κ2) is 13.5. The molecule has 1 aliphatic carbocycles. The zero-order chi connectivity index (χ0) is 9.82. The van der Waals surface area contributed by atoms with E-state index in [0.717, 1.165) is 0 Å². The monoisotopic (exact) mass is 174 g/mol. The quantitative estimate of drug-likeness (QED) is 0.593. The van der Waals surface area contributed by atoms with Crippen LogP contribution in [0.3, 0.4) is 0 Å². The first-order valence-corrected chi connectivity index (χ1v) is 5.41. The Morgan fingerprint density at radius 2 is 0.833 bits per heavy atom. The number of aliphatic hydroxyl groups is 1. The zero-order valence-electron chi connectivity index (χ0n) is 9.27. The molecule has 0 atom stereocenters. The Labute approximate surface area is 78.2 Å². The summed E-state index contributed by atoms with van der Waals surface area (Å²) in [5.74, 6) is 0. The zero-order valence-corrected chi connectivity index (χ0v) is 9.27. The molecule has 1 fully saturated rings. The molecule has 0 heterocycles. The molecular weight excluding hydrogens is 148 g/mol. The van der Waals surface area contributed by atoms with E-state index >= 15 is 0 Å². The van der Waals surface area contributed by atoms with Gasteiger partial charge in [0.25, 0.3) is 0 Å². The van der Waals surface area contributed by atoms with Gasteiger partial charge in [0.15, 0.2) is 0 Å². The van der Waals surface area contributed by atoms with Gasteiger partial charge in [-0.1, -0.05) is 52.4 Å². The molecule has 1 saturated carbocycles. The molecular formula is C11H26O. The van der Waals surface area contributed by atoms with Crippen LogP contribution in [0.1, 0.15) is 66.2 Å². The number of hydrogen-bond donors (Lipinski definition) is 1. The highest BCUT2D eigenvalue weighted by molar-refractivity contribution is 4.51. The molecule has 0 aromatic carbocycles. The van der Waals surface area contributed by atoms with E-state index in [1.165, 1.54) is 38.5 Å². The molecule has 0 bridgehead atoms. The number of hydrogen-bond acceptors (Lipinski definition) is 1. The molecule has 1 aliphatic rings. The average molecular weight is 174 g/mol. The molecule has 0 spiro atoms. The molecule has 0 radical (unpaired) electrons. The van der Waals surface area contributed by atoms with Crippen molar-refractivity contribution in [1.29, 1.82) is 0 Å². The van der Waals surface area contributed by atoms with Crippen LogP contribution in [-0.4, -0.2) is 11.2 Å². The summed E-state index contributed by atoms with van der Waals surface area (Å²) in [6.07, 6.45) is 8.83. The molecule has 0 amide bonds. The van der Waals surface area contributed by atoms with E-state index in [1.54, 1.807) is 13.8 Å². The highest BCUT2D eigenvalue weighted by Gasteiger charge is 1.95. The summed E-state index contributed by atoms with van der Waals surface area (Å²) in [6.45, 7) is 7.44. The van der Waals surface area contributed by atoms with Gasteiger partial charge in [-0.05, 0) is 13.8 Å². The first kappa shape index (κ1) is 14.5. The third kappa shape index (κ3) is 22.5. The third-order valence-corrected chi connectivity index (χ3v) is 1.50. The molecule has 1 rings (SSSR count). The Morgan fingerprint density at radius 1 is 0.750 bits per heavy atom. The smallest absolute Gasteiger partial charge is 0.0483 e. The van der Waals surface area contributed by atoms with E-state index in [-0.39, 0.29) is 6.10 Å². The molecule has 0 saturated heterocycles. The molecule has 1 heteroatoms. The van der Waals surface area contributed by atoms with Crippen LogP contribution in [0.5, 0.6) is 0 Å². The molecule has 1 nitrogen and oxygen atoms in total. The van der Waals surface area contributed by atoms with Crippen molar-refractivity contribution in [3.05, 3.63) is 0 Å². The van der Waals surface area contributed by atoms with Gasteiger partial charge in [-0.15, -0.1) is 0 Å². The minimum Gasteiger partial charge on any atom is -0.394 e. The second-order valence-electron chi connectivity index (χ2n) is 3.22. The Hall–Kier alpha value is -0.0400. The van der Waals surface area contributed by atoms with Crippen LogP contribution in [0.2, 0.25) is 0 Å². The van der Waals surface area contributed by atoms with Crippen molar-refractivity contribution in [2.24, 2.45) is 0 Å². The van der Waals surface area contributed by atoms with Gasteiger partial charge in [-0.3, -0.25) is 0 Å². The van der Waals surface area contributed by atoms with Crippen LogP contribution in [0.15, 0.2) is 0 Å². The maximum atomic E-state index is 8.06. The van der Waals surface area contributed by atoms with Crippen molar-refractivity contribution in [2.45, 2.75) is 72.3 Å². The SMILES string of the molecule is C1CCCCC1.CC.CC(C)O. The summed E-state index contributed by atoms with van der Waals surface area (Å²) < 4.78 is 0. The number of aliphatic hydroxyl groups excluding tert-OH is 1. The maximum absolute atomic E-state index is 8.06. The van der Waals surface area contributed by atoms with Gasteiger partial charge >= 0.3 is 0 Å². The minimum absolute atomic E-state index is 0.167. The Kier molecular flexibility index (Phi) is 16.3. The fourth-order valence-electron chi connectivity index (χ4n) is 1.06. The van der Waals surface area contributed by atoms with Crippen LogP contribution in [0, 0.1) is 0 Å². The lowest BCUT2D eigenvalue weighted by atomic mass is 10.0. The highest BCUT2D eigenvalue weighted by Crippen LogP contribution is 2.15. The fourth-order valence-corrected chi connectivity index (χ4v) is 1.06. The van der Waals surface area contributed by atoms with Crippen molar-refractivity contribution in [2.75, 3.05) is 0 Å². The average Bonchev–Trinajstić information content (AvgIpc) is 2.10. The van der Waals surface area contributed by atoms with Gasteiger partial charge in [0.05, 0.1) is 0 Å². The predicted molar refractivity (Wildman–Crippen MR) is 56.4 cm³/mol. The molecule has 1 N–H and O–H groups in total. The normalized spacial score (nSPS) is 15.5. The van der Waals surface area contributed by atoms with Crippen molar-refractivity contribution >= 4 is 0 Å². The lowest BCUT2D eigenvalue weighted by molar-refractivity contribution is 0.216. The Morgan fingerprint density at radius 3 is 0.917 bits per heavy atom. The summed E-state index contributed by atoms with van der Waals surface area (Å²) in [6, 6.07) is 0. The van der Waals surface area contributed by atoms with Crippen molar-refractivity contribution < 1.29 is 5.11 Å². The maximum Gasteiger partial charge on any atom is 0.0483 e. The van der Waals surface area contributed by atoms with E-state index in [9.17, 15) is 0 Å². The Balaban J connectivity index is 0.